The van der Waals surface area contributed by atoms with E-state index < -0.39 is 0 Å². The lowest BCUT2D eigenvalue weighted by Crippen LogP contribution is -1.85. The quantitative estimate of drug-likeness (QED) is 0.520. The Morgan fingerprint density at radius 2 is 1.62 bits per heavy atom. The summed E-state index contributed by atoms with van der Waals surface area (Å²) in [6.07, 6.45) is 11.3. The summed E-state index contributed by atoms with van der Waals surface area (Å²) in [5.41, 5.74) is 1.45. The van der Waals surface area contributed by atoms with Crippen LogP contribution in [0.3, 0.4) is 0 Å². The van der Waals surface area contributed by atoms with Crippen molar-refractivity contribution in [1.29, 1.82) is 0 Å². The van der Waals surface area contributed by atoms with Crippen LogP contribution in [-0.2, 0) is 6.42 Å². The fourth-order valence-corrected chi connectivity index (χ4v) is 1.78. The van der Waals surface area contributed by atoms with Crippen LogP contribution in [-0.4, -0.2) is 11.7 Å². The zero-order chi connectivity index (χ0) is 11.5. The molecule has 0 saturated carbocycles. The first-order valence-corrected chi connectivity index (χ1v) is 6.23. The monoisotopic (exact) mass is 218 g/mol. The Kier molecular flexibility index (Phi) is 7.44. The van der Waals surface area contributed by atoms with E-state index in [4.69, 9.17) is 5.11 Å². The predicted molar refractivity (Wildman–Crippen MR) is 69.5 cm³/mol. The number of unbranched alkanes of at least 4 members (excludes halogenated alkanes) is 4. The number of hydrogen-bond acceptors (Lipinski definition) is 1. The minimum absolute atomic E-state index is 0.175. The third-order valence-corrected chi connectivity index (χ3v) is 2.70. The van der Waals surface area contributed by atoms with Crippen LogP contribution in [0.15, 0.2) is 42.5 Å². The lowest BCUT2D eigenvalue weighted by Gasteiger charge is -2.00. The Morgan fingerprint density at radius 1 is 0.875 bits per heavy atom. The number of aryl methyl sites for hydroxylation is 1. The Balaban J connectivity index is 1.94. The van der Waals surface area contributed by atoms with Crippen molar-refractivity contribution in [1.82, 2.24) is 0 Å². The van der Waals surface area contributed by atoms with Crippen molar-refractivity contribution in [2.45, 2.75) is 38.5 Å². The van der Waals surface area contributed by atoms with Gasteiger partial charge in [-0.15, -0.1) is 0 Å². The first-order valence-electron chi connectivity index (χ1n) is 6.23. The third kappa shape index (κ3) is 6.41. The molecule has 0 saturated heterocycles. The van der Waals surface area contributed by atoms with Crippen LogP contribution in [0.1, 0.15) is 37.7 Å². The van der Waals surface area contributed by atoms with E-state index in [0.717, 1.165) is 6.42 Å². The highest BCUT2D eigenvalue weighted by molar-refractivity contribution is 5.14. The average Bonchev–Trinajstić information content (AvgIpc) is 2.34. The molecule has 88 valence electrons. The number of aliphatic hydroxyl groups is 1. The maximum Gasteiger partial charge on any atom is 0.0612 e. The smallest absolute Gasteiger partial charge is 0.0612 e. The third-order valence-electron chi connectivity index (χ3n) is 2.70. The standard InChI is InChI=1S/C15H22O/c16-14-10-5-3-1-2-4-7-11-15-12-8-6-9-13-15/h5-6,8-10,12-13,16H,1-4,7,11,14H2/b10-5+. The highest BCUT2D eigenvalue weighted by Crippen LogP contribution is 2.08. The van der Waals surface area contributed by atoms with Crippen LogP contribution >= 0.6 is 0 Å². The lowest BCUT2D eigenvalue weighted by molar-refractivity contribution is 0.342. The molecule has 1 rings (SSSR count). The van der Waals surface area contributed by atoms with Crippen LogP contribution in [0.5, 0.6) is 0 Å². The average molecular weight is 218 g/mol. The summed E-state index contributed by atoms with van der Waals surface area (Å²) < 4.78 is 0. The second-order valence-corrected chi connectivity index (χ2v) is 4.09. The van der Waals surface area contributed by atoms with E-state index in [1.54, 1.807) is 0 Å². The van der Waals surface area contributed by atoms with Crippen molar-refractivity contribution in [2.24, 2.45) is 0 Å². The molecule has 0 unspecified atom stereocenters. The van der Waals surface area contributed by atoms with Gasteiger partial charge in [0.1, 0.15) is 0 Å². The Morgan fingerprint density at radius 3 is 2.38 bits per heavy atom. The Hall–Kier alpha value is -1.08. The molecule has 0 aromatic heterocycles. The Bertz CT molecular complexity index is 277. The number of aliphatic hydroxyl groups excluding tert-OH is 1. The van der Waals surface area contributed by atoms with E-state index in [2.05, 4.69) is 36.4 Å². The lowest BCUT2D eigenvalue weighted by atomic mass is 10.1. The summed E-state index contributed by atoms with van der Waals surface area (Å²) >= 11 is 0. The molecule has 0 spiro atoms. The zero-order valence-corrected chi connectivity index (χ0v) is 9.94. The van der Waals surface area contributed by atoms with Crippen molar-refractivity contribution in [3.8, 4) is 0 Å². The number of rotatable bonds is 8. The van der Waals surface area contributed by atoms with E-state index in [1.807, 2.05) is 6.08 Å². The number of benzene rings is 1. The highest BCUT2D eigenvalue weighted by Gasteiger charge is 1.92. The molecule has 0 fully saturated rings. The molecule has 0 aliphatic heterocycles. The van der Waals surface area contributed by atoms with Crippen molar-refractivity contribution >= 4 is 0 Å². The maximum atomic E-state index is 8.55. The van der Waals surface area contributed by atoms with Gasteiger partial charge in [-0.25, -0.2) is 0 Å². The molecule has 1 N–H and O–H groups in total. The normalized spacial score (nSPS) is 11.1. The molecule has 0 heterocycles. The largest absolute Gasteiger partial charge is 0.392 e. The van der Waals surface area contributed by atoms with Gasteiger partial charge in [0.25, 0.3) is 0 Å². The number of hydrogen-bond donors (Lipinski definition) is 1. The summed E-state index contributed by atoms with van der Waals surface area (Å²) in [5.74, 6) is 0. The molecule has 1 heteroatoms. The van der Waals surface area contributed by atoms with E-state index in [-0.39, 0.29) is 6.61 Å². The van der Waals surface area contributed by atoms with Crippen LogP contribution in [0, 0.1) is 0 Å². The second-order valence-electron chi connectivity index (χ2n) is 4.09. The van der Waals surface area contributed by atoms with Gasteiger partial charge in [0, 0.05) is 0 Å². The van der Waals surface area contributed by atoms with Crippen molar-refractivity contribution in [2.75, 3.05) is 6.61 Å². The van der Waals surface area contributed by atoms with Crippen LogP contribution in [0.2, 0.25) is 0 Å². The predicted octanol–water partition coefficient (Wildman–Crippen LogP) is 3.73. The van der Waals surface area contributed by atoms with Gasteiger partial charge in [0.05, 0.1) is 6.61 Å². The van der Waals surface area contributed by atoms with Gasteiger partial charge in [-0.3, -0.25) is 0 Å². The summed E-state index contributed by atoms with van der Waals surface area (Å²) in [6.45, 7) is 0.175. The molecule has 0 amide bonds. The molecule has 0 aliphatic carbocycles. The second kappa shape index (κ2) is 9.17. The van der Waals surface area contributed by atoms with Gasteiger partial charge in [-0.05, 0) is 31.2 Å². The van der Waals surface area contributed by atoms with Gasteiger partial charge in [-0.2, -0.15) is 0 Å². The molecule has 0 bridgehead atoms. The maximum absolute atomic E-state index is 8.55. The first-order chi connectivity index (χ1) is 7.93. The van der Waals surface area contributed by atoms with Gasteiger partial charge < -0.3 is 5.11 Å². The molecule has 1 nitrogen and oxygen atoms in total. The van der Waals surface area contributed by atoms with Crippen LogP contribution in [0.25, 0.3) is 0 Å². The van der Waals surface area contributed by atoms with E-state index in [1.165, 1.54) is 37.7 Å². The van der Waals surface area contributed by atoms with Crippen LogP contribution in [0.4, 0.5) is 0 Å². The molecular weight excluding hydrogens is 196 g/mol. The summed E-state index contributed by atoms with van der Waals surface area (Å²) in [5, 5.41) is 8.55. The summed E-state index contributed by atoms with van der Waals surface area (Å²) in [6, 6.07) is 10.7. The van der Waals surface area contributed by atoms with E-state index >= 15 is 0 Å². The summed E-state index contributed by atoms with van der Waals surface area (Å²) in [4.78, 5) is 0. The van der Waals surface area contributed by atoms with Crippen molar-refractivity contribution < 1.29 is 5.11 Å². The summed E-state index contributed by atoms with van der Waals surface area (Å²) in [7, 11) is 0. The molecular formula is C15H22O. The fourth-order valence-electron chi connectivity index (χ4n) is 1.78. The van der Waals surface area contributed by atoms with Crippen molar-refractivity contribution in [3.05, 3.63) is 48.0 Å². The minimum Gasteiger partial charge on any atom is -0.392 e. The molecule has 0 aliphatic rings. The fraction of sp³-hybridized carbons (Fsp3) is 0.467. The van der Waals surface area contributed by atoms with Gasteiger partial charge in [0.2, 0.25) is 0 Å². The number of allylic oxidation sites excluding steroid dienone is 1. The van der Waals surface area contributed by atoms with Gasteiger partial charge >= 0.3 is 0 Å². The zero-order valence-electron chi connectivity index (χ0n) is 9.94. The minimum atomic E-state index is 0.175. The SMILES string of the molecule is OC/C=C/CCCCCCc1ccccc1. The highest BCUT2D eigenvalue weighted by atomic mass is 16.2. The van der Waals surface area contributed by atoms with Gasteiger partial charge in [0.15, 0.2) is 0 Å². The molecule has 0 atom stereocenters. The molecule has 0 radical (unpaired) electrons. The topological polar surface area (TPSA) is 20.2 Å². The molecule has 1 aromatic carbocycles. The van der Waals surface area contributed by atoms with E-state index in [0.29, 0.717) is 0 Å². The van der Waals surface area contributed by atoms with E-state index in [9.17, 15) is 0 Å². The molecule has 1 aromatic rings. The Labute approximate surface area is 98.8 Å². The molecule has 16 heavy (non-hydrogen) atoms. The van der Waals surface area contributed by atoms with Crippen LogP contribution < -0.4 is 0 Å². The van der Waals surface area contributed by atoms with Crippen molar-refractivity contribution in [3.63, 3.8) is 0 Å². The first kappa shape index (κ1) is 13.0. The van der Waals surface area contributed by atoms with Gasteiger partial charge in [-0.1, -0.05) is 55.3 Å².